The molecule has 1 aromatic rings. The van der Waals surface area contributed by atoms with E-state index in [2.05, 4.69) is 28.9 Å². The second kappa shape index (κ2) is 5.04. The van der Waals surface area contributed by atoms with Gasteiger partial charge in [-0.25, -0.2) is 0 Å². The number of nitrogens with two attached hydrogens (primary N) is 1. The molecule has 0 saturated carbocycles. The van der Waals surface area contributed by atoms with Gasteiger partial charge in [0, 0.05) is 13.1 Å². The first-order valence-electron chi connectivity index (χ1n) is 6.42. The highest BCUT2D eigenvalue weighted by atomic mass is 16.4. The minimum atomic E-state index is -0.190. The highest BCUT2D eigenvalue weighted by molar-refractivity contribution is 5.25. The van der Waals surface area contributed by atoms with E-state index in [1.54, 1.807) is 0 Å². The Balaban J connectivity index is 1.96. The van der Waals surface area contributed by atoms with E-state index in [4.69, 9.17) is 10.2 Å². The topological polar surface area (TPSA) is 68.2 Å². The van der Waals surface area contributed by atoms with Gasteiger partial charge in [-0.2, -0.15) is 0 Å². The maximum atomic E-state index is 5.70. The van der Waals surface area contributed by atoms with Crippen LogP contribution in [0.2, 0.25) is 0 Å². The molecule has 1 aromatic heterocycles. The number of rotatable bonds is 3. The number of anilines is 1. The summed E-state index contributed by atoms with van der Waals surface area (Å²) in [7, 11) is 0. The van der Waals surface area contributed by atoms with Gasteiger partial charge >= 0.3 is 6.01 Å². The van der Waals surface area contributed by atoms with Gasteiger partial charge in [0.25, 0.3) is 0 Å². The van der Waals surface area contributed by atoms with Crippen molar-refractivity contribution < 1.29 is 4.42 Å². The lowest BCUT2D eigenvalue weighted by Gasteiger charge is -2.32. The molecule has 0 spiro atoms. The number of aromatic nitrogens is 2. The summed E-state index contributed by atoms with van der Waals surface area (Å²) >= 11 is 0. The molecule has 17 heavy (non-hydrogen) atoms. The van der Waals surface area contributed by atoms with E-state index in [0.717, 1.165) is 24.9 Å². The van der Waals surface area contributed by atoms with Crippen molar-refractivity contribution in [1.82, 2.24) is 10.2 Å². The summed E-state index contributed by atoms with van der Waals surface area (Å²) in [5.41, 5.74) is 5.70. The van der Waals surface area contributed by atoms with Crippen LogP contribution in [0.1, 0.15) is 45.5 Å². The van der Waals surface area contributed by atoms with Crippen LogP contribution in [0.5, 0.6) is 0 Å². The molecule has 96 valence electrons. The Kier molecular flexibility index (Phi) is 3.66. The molecule has 0 amide bonds. The Bertz CT molecular complexity index is 353. The van der Waals surface area contributed by atoms with Crippen LogP contribution in [-0.4, -0.2) is 23.3 Å². The highest BCUT2D eigenvalue weighted by Crippen LogP contribution is 2.27. The summed E-state index contributed by atoms with van der Waals surface area (Å²) in [6.07, 6.45) is 2.40. The highest BCUT2D eigenvalue weighted by Gasteiger charge is 2.24. The standard InChI is InChI=1S/C12H22N4O/c1-8(2)10-4-6-16(7-5-10)12-15-14-11(17-12)9(3)13/h8-10H,4-7,13H2,1-3H3. The van der Waals surface area contributed by atoms with Crippen LogP contribution in [0, 0.1) is 11.8 Å². The second-order valence-electron chi connectivity index (χ2n) is 5.28. The fourth-order valence-electron chi connectivity index (χ4n) is 2.30. The maximum Gasteiger partial charge on any atom is 0.318 e. The summed E-state index contributed by atoms with van der Waals surface area (Å²) in [6, 6.07) is 0.434. The Morgan fingerprint density at radius 3 is 2.35 bits per heavy atom. The summed E-state index contributed by atoms with van der Waals surface area (Å²) < 4.78 is 5.56. The van der Waals surface area contributed by atoms with E-state index in [1.165, 1.54) is 12.8 Å². The normalized spacial score (nSPS) is 19.9. The van der Waals surface area contributed by atoms with Gasteiger partial charge in [-0.1, -0.05) is 18.9 Å². The molecule has 0 bridgehead atoms. The number of nitrogens with zero attached hydrogens (tertiary/aromatic N) is 3. The number of piperidine rings is 1. The summed E-state index contributed by atoms with van der Waals surface area (Å²) in [4.78, 5) is 2.16. The van der Waals surface area contributed by atoms with Crippen molar-refractivity contribution >= 4 is 6.01 Å². The van der Waals surface area contributed by atoms with Crippen LogP contribution < -0.4 is 10.6 Å². The molecule has 0 radical (unpaired) electrons. The second-order valence-corrected chi connectivity index (χ2v) is 5.28. The molecule has 1 atom stereocenters. The van der Waals surface area contributed by atoms with E-state index in [9.17, 15) is 0 Å². The molecule has 0 aliphatic carbocycles. The lowest BCUT2D eigenvalue weighted by molar-refractivity contribution is 0.303. The van der Waals surface area contributed by atoms with E-state index in [-0.39, 0.29) is 6.04 Å². The van der Waals surface area contributed by atoms with Gasteiger partial charge < -0.3 is 15.1 Å². The van der Waals surface area contributed by atoms with Crippen LogP contribution in [0.15, 0.2) is 4.42 Å². The molecule has 1 fully saturated rings. The fourth-order valence-corrected chi connectivity index (χ4v) is 2.30. The molecule has 2 N–H and O–H groups in total. The molecule has 1 saturated heterocycles. The lowest BCUT2D eigenvalue weighted by Crippen LogP contribution is -2.35. The van der Waals surface area contributed by atoms with Gasteiger partial charge in [0.2, 0.25) is 5.89 Å². The van der Waals surface area contributed by atoms with Gasteiger partial charge in [0.05, 0.1) is 6.04 Å². The molecule has 5 nitrogen and oxygen atoms in total. The molecular weight excluding hydrogens is 216 g/mol. The quantitative estimate of drug-likeness (QED) is 0.871. The smallest absolute Gasteiger partial charge is 0.318 e. The Morgan fingerprint density at radius 1 is 1.24 bits per heavy atom. The third-order valence-corrected chi connectivity index (χ3v) is 3.57. The molecule has 1 aliphatic heterocycles. The van der Waals surface area contributed by atoms with E-state index in [1.807, 2.05) is 6.92 Å². The van der Waals surface area contributed by atoms with E-state index < -0.39 is 0 Å². The average molecular weight is 238 g/mol. The summed E-state index contributed by atoms with van der Waals surface area (Å²) in [5, 5.41) is 8.02. The van der Waals surface area contributed by atoms with Gasteiger partial charge in [-0.15, -0.1) is 5.10 Å². The molecule has 5 heteroatoms. The van der Waals surface area contributed by atoms with Crippen molar-refractivity contribution in [2.24, 2.45) is 17.6 Å². The molecular formula is C12H22N4O. The van der Waals surface area contributed by atoms with Crippen LogP contribution in [-0.2, 0) is 0 Å². The SMILES string of the molecule is CC(N)c1nnc(N2CCC(C(C)C)CC2)o1. The minimum Gasteiger partial charge on any atom is -0.406 e. The zero-order valence-electron chi connectivity index (χ0n) is 10.9. The van der Waals surface area contributed by atoms with Gasteiger partial charge in [-0.05, 0) is 31.6 Å². The van der Waals surface area contributed by atoms with E-state index >= 15 is 0 Å². The van der Waals surface area contributed by atoms with Gasteiger partial charge in [0.1, 0.15) is 0 Å². The van der Waals surface area contributed by atoms with Crippen LogP contribution in [0.4, 0.5) is 6.01 Å². The Hall–Kier alpha value is -1.10. The van der Waals surface area contributed by atoms with Crippen molar-refractivity contribution in [1.29, 1.82) is 0 Å². The van der Waals surface area contributed by atoms with Crippen molar-refractivity contribution in [3.05, 3.63) is 5.89 Å². The van der Waals surface area contributed by atoms with Crippen molar-refractivity contribution in [2.75, 3.05) is 18.0 Å². The van der Waals surface area contributed by atoms with Crippen LogP contribution >= 0.6 is 0 Å². The zero-order chi connectivity index (χ0) is 12.4. The monoisotopic (exact) mass is 238 g/mol. The average Bonchev–Trinajstić information content (AvgIpc) is 2.78. The predicted molar refractivity (Wildman–Crippen MR) is 66.7 cm³/mol. The number of hydrogen-bond acceptors (Lipinski definition) is 5. The van der Waals surface area contributed by atoms with Gasteiger partial charge in [-0.3, -0.25) is 0 Å². The minimum absolute atomic E-state index is 0.190. The van der Waals surface area contributed by atoms with Crippen LogP contribution in [0.3, 0.4) is 0 Å². The predicted octanol–water partition coefficient (Wildman–Crippen LogP) is 1.96. The molecule has 0 aromatic carbocycles. The van der Waals surface area contributed by atoms with Crippen molar-refractivity contribution in [3.8, 4) is 0 Å². The largest absolute Gasteiger partial charge is 0.406 e. The van der Waals surface area contributed by atoms with E-state index in [0.29, 0.717) is 11.9 Å². The first-order valence-corrected chi connectivity index (χ1v) is 6.42. The van der Waals surface area contributed by atoms with Crippen molar-refractivity contribution in [3.63, 3.8) is 0 Å². The van der Waals surface area contributed by atoms with Crippen molar-refractivity contribution in [2.45, 2.75) is 39.7 Å². The zero-order valence-corrected chi connectivity index (χ0v) is 10.9. The molecule has 1 aliphatic rings. The number of hydrogen-bond donors (Lipinski definition) is 1. The van der Waals surface area contributed by atoms with Crippen LogP contribution in [0.25, 0.3) is 0 Å². The first kappa shape index (κ1) is 12.4. The van der Waals surface area contributed by atoms with Gasteiger partial charge in [0.15, 0.2) is 0 Å². The molecule has 2 heterocycles. The third-order valence-electron chi connectivity index (χ3n) is 3.57. The summed E-state index contributed by atoms with van der Waals surface area (Å²) in [5.74, 6) is 2.10. The third kappa shape index (κ3) is 2.77. The summed E-state index contributed by atoms with van der Waals surface area (Å²) in [6.45, 7) is 8.44. The fraction of sp³-hybridized carbons (Fsp3) is 0.833. The first-order chi connectivity index (χ1) is 8.08. The molecule has 1 unspecified atom stereocenters. The molecule has 2 rings (SSSR count). The lowest BCUT2D eigenvalue weighted by atomic mass is 9.87. The Morgan fingerprint density at radius 2 is 1.88 bits per heavy atom. The maximum absolute atomic E-state index is 5.70. The Labute approximate surface area is 102 Å².